The van der Waals surface area contributed by atoms with Gasteiger partial charge in [0.15, 0.2) is 0 Å². The Morgan fingerprint density at radius 2 is 1.12 bits per heavy atom. The van der Waals surface area contributed by atoms with Crippen molar-refractivity contribution in [3.63, 3.8) is 0 Å². The molecule has 0 saturated carbocycles. The summed E-state index contributed by atoms with van der Waals surface area (Å²) in [5.74, 6) is 0.332. The molecular formula is C29H37N2OP. The average Bonchev–Trinajstić information content (AvgIpc) is 2.90. The van der Waals surface area contributed by atoms with E-state index in [1.54, 1.807) is 0 Å². The first-order valence-corrected chi connectivity index (χ1v) is 14.7. The Bertz CT molecular complexity index is 876. The van der Waals surface area contributed by atoms with Crippen LogP contribution in [0.25, 0.3) is 0 Å². The zero-order chi connectivity index (χ0) is 22.8. The molecule has 1 aliphatic rings. The minimum absolute atomic E-state index is 0.332. The summed E-state index contributed by atoms with van der Waals surface area (Å²) in [4.78, 5) is 14.5. The van der Waals surface area contributed by atoms with E-state index in [-0.39, 0.29) is 0 Å². The monoisotopic (exact) mass is 460 g/mol. The van der Waals surface area contributed by atoms with Crippen LogP contribution in [-0.2, 0) is 4.79 Å². The molecule has 0 unspecified atom stereocenters. The second-order valence-corrected chi connectivity index (χ2v) is 13.1. The first kappa shape index (κ1) is 23.7. The normalized spacial score (nSPS) is 14.7. The van der Waals surface area contributed by atoms with Crippen LogP contribution in [-0.4, -0.2) is 43.1 Å². The molecule has 0 bridgehead atoms. The zero-order valence-electron chi connectivity index (χ0n) is 19.6. The molecule has 0 aromatic heterocycles. The third kappa shape index (κ3) is 5.91. The molecule has 0 spiro atoms. The standard InChI is InChI=1S/C29H37N2OP/c32-29(31-23-21-30-22-24-31)20-12-1-2-13-25-33(26-14-6-3-7-15-26,27-16-8-4-9-17-27)28-18-10-5-11-19-28/h3-11,14-19,30,33H,1-2,12-13,20-25H2. The van der Waals surface area contributed by atoms with E-state index >= 15 is 0 Å². The molecule has 1 N–H and O–H groups in total. The van der Waals surface area contributed by atoms with Gasteiger partial charge in [0.25, 0.3) is 0 Å². The van der Waals surface area contributed by atoms with Crippen LogP contribution in [0.1, 0.15) is 32.1 Å². The first-order valence-electron chi connectivity index (χ1n) is 12.5. The summed E-state index contributed by atoms with van der Waals surface area (Å²) in [5, 5.41) is 7.77. The summed E-state index contributed by atoms with van der Waals surface area (Å²) in [6.07, 6.45) is 6.37. The summed E-state index contributed by atoms with van der Waals surface area (Å²) in [5.41, 5.74) is 0. The molecule has 3 aromatic rings. The number of piperazine rings is 1. The van der Waals surface area contributed by atoms with Crippen LogP contribution in [0.2, 0.25) is 0 Å². The number of amides is 1. The van der Waals surface area contributed by atoms with Gasteiger partial charge in [-0.3, -0.25) is 0 Å². The van der Waals surface area contributed by atoms with Crippen molar-refractivity contribution in [3.05, 3.63) is 91.0 Å². The molecule has 1 saturated heterocycles. The van der Waals surface area contributed by atoms with E-state index < -0.39 is 7.26 Å². The van der Waals surface area contributed by atoms with E-state index in [0.29, 0.717) is 12.3 Å². The van der Waals surface area contributed by atoms with Crippen LogP contribution in [0.3, 0.4) is 0 Å². The van der Waals surface area contributed by atoms with Crippen molar-refractivity contribution in [1.82, 2.24) is 10.2 Å². The fourth-order valence-electron chi connectivity index (χ4n) is 5.19. The van der Waals surface area contributed by atoms with E-state index in [9.17, 15) is 4.79 Å². The number of hydrogen-bond acceptors (Lipinski definition) is 2. The molecule has 1 aliphatic heterocycles. The summed E-state index contributed by atoms with van der Waals surface area (Å²) in [7, 11) is -2.11. The third-order valence-electron chi connectivity index (χ3n) is 6.96. The summed E-state index contributed by atoms with van der Waals surface area (Å²) in [6.45, 7) is 3.57. The average molecular weight is 461 g/mol. The Kier molecular flexibility index (Phi) is 8.69. The van der Waals surface area contributed by atoms with Crippen LogP contribution in [0.4, 0.5) is 0 Å². The van der Waals surface area contributed by atoms with Gasteiger partial charge in [-0.05, 0) is 0 Å². The summed E-state index contributed by atoms with van der Waals surface area (Å²) < 4.78 is 0. The Balaban J connectivity index is 1.45. The molecule has 1 heterocycles. The van der Waals surface area contributed by atoms with Crippen molar-refractivity contribution >= 4 is 29.1 Å². The molecule has 1 amide bonds. The van der Waals surface area contributed by atoms with E-state index in [0.717, 1.165) is 39.0 Å². The van der Waals surface area contributed by atoms with Gasteiger partial charge in [0, 0.05) is 0 Å². The summed E-state index contributed by atoms with van der Waals surface area (Å²) in [6, 6.07) is 33.5. The van der Waals surface area contributed by atoms with Gasteiger partial charge in [0.2, 0.25) is 0 Å². The van der Waals surface area contributed by atoms with E-state index in [1.165, 1.54) is 34.9 Å². The van der Waals surface area contributed by atoms with Crippen molar-refractivity contribution in [3.8, 4) is 0 Å². The molecule has 174 valence electrons. The van der Waals surface area contributed by atoms with Crippen LogP contribution < -0.4 is 21.2 Å². The van der Waals surface area contributed by atoms with Gasteiger partial charge < -0.3 is 0 Å². The van der Waals surface area contributed by atoms with Gasteiger partial charge >= 0.3 is 200 Å². The Morgan fingerprint density at radius 1 is 0.667 bits per heavy atom. The Hall–Kier alpha value is -2.48. The SMILES string of the molecule is O=C(CCCCCC[PH](c1ccccc1)(c1ccccc1)c1ccccc1)N1CCNCC1. The second kappa shape index (κ2) is 12.1. The second-order valence-electron chi connectivity index (χ2n) is 9.05. The quantitative estimate of drug-likeness (QED) is 0.365. The Labute approximate surface area is 199 Å². The fraction of sp³-hybridized carbons (Fsp3) is 0.345. The Morgan fingerprint density at radius 3 is 1.61 bits per heavy atom. The molecule has 0 radical (unpaired) electrons. The number of carbonyl (C=O) groups excluding carboxylic acids is 1. The first-order chi connectivity index (χ1) is 16.3. The van der Waals surface area contributed by atoms with Gasteiger partial charge in [-0.1, -0.05) is 0 Å². The van der Waals surface area contributed by atoms with Crippen LogP contribution in [0.5, 0.6) is 0 Å². The number of carbonyl (C=O) groups is 1. The molecule has 4 heteroatoms. The van der Waals surface area contributed by atoms with E-state index in [4.69, 9.17) is 0 Å². The number of unbranched alkanes of at least 4 members (excludes halogenated alkanes) is 3. The molecule has 3 nitrogen and oxygen atoms in total. The van der Waals surface area contributed by atoms with E-state index in [2.05, 4.69) is 96.3 Å². The van der Waals surface area contributed by atoms with Crippen LogP contribution >= 0.6 is 7.26 Å². The van der Waals surface area contributed by atoms with Gasteiger partial charge in [0.1, 0.15) is 0 Å². The molecule has 1 fully saturated rings. The molecule has 3 aromatic carbocycles. The topological polar surface area (TPSA) is 32.3 Å². The van der Waals surface area contributed by atoms with Crippen molar-refractivity contribution in [2.45, 2.75) is 32.1 Å². The molecular weight excluding hydrogens is 423 g/mol. The van der Waals surface area contributed by atoms with E-state index in [1.807, 2.05) is 4.90 Å². The maximum atomic E-state index is 12.5. The predicted octanol–water partition coefficient (Wildman–Crippen LogP) is 4.10. The third-order valence-corrected chi connectivity index (χ3v) is 12.0. The number of nitrogens with zero attached hydrogens (tertiary/aromatic N) is 1. The number of benzene rings is 3. The predicted molar refractivity (Wildman–Crippen MR) is 144 cm³/mol. The number of hydrogen-bond donors (Lipinski definition) is 1. The van der Waals surface area contributed by atoms with Crippen LogP contribution in [0.15, 0.2) is 91.0 Å². The van der Waals surface area contributed by atoms with Crippen molar-refractivity contribution in [2.24, 2.45) is 0 Å². The van der Waals surface area contributed by atoms with Crippen molar-refractivity contribution < 1.29 is 4.79 Å². The molecule has 0 atom stereocenters. The van der Waals surface area contributed by atoms with Crippen LogP contribution in [0, 0.1) is 0 Å². The van der Waals surface area contributed by atoms with Gasteiger partial charge in [-0.25, -0.2) is 0 Å². The molecule has 4 rings (SSSR count). The van der Waals surface area contributed by atoms with Crippen molar-refractivity contribution in [2.75, 3.05) is 32.3 Å². The molecule has 0 aliphatic carbocycles. The summed E-state index contributed by atoms with van der Waals surface area (Å²) >= 11 is 0. The van der Waals surface area contributed by atoms with Crippen molar-refractivity contribution in [1.29, 1.82) is 0 Å². The number of rotatable bonds is 10. The maximum absolute atomic E-state index is 12.5. The minimum atomic E-state index is -2.11. The zero-order valence-corrected chi connectivity index (χ0v) is 20.6. The van der Waals surface area contributed by atoms with Gasteiger partial charge in [0.05, 0.1) is 0 Å². The van der Waals surface area contributed by atoms with Gasteiger partial charge in [-0.15, -0.1) is 0 Å². The number of nitrogens with one attached hydrogen (secondary N) is 1. The van der Waals surface area contributed by atoms with Gasteiger partial charge in [-0.2, -0.15) is 0 Å². The molecule has 33 heavy (non-hydrogen) atoms. The fourth-order valence-corrected chi connectivity index (χ4v) is 10.1.